The molecule has 1 heterocycles. The number of aromatic nitrogens is 1. The fourth-order valence-electron chi connectivity index (χ4n) is 3.92. The number of nitrogens with one attached hydrogen (secondary N) is 1. The number of carbonyl (C=O) groups excluding carboxylic acids is 1. The van der Waals surface area contributed by atoms with Crippen LogP contribution in [0.4, 0.5) is 0 Å². The number of hydrogen-bond acceptors (Lipinski definition) is 2. The third-order valence-electron chi connectivity index (χ3n) is 5.19. The normalized spacial score (nSPS) is 15.6. The maximum absolute atomic E-state index is 13.1. The Morgan fingerprint density at radius 3 is 2.48 bits per heavy atom. The Morgan fingerprint density at radius 1 is 1.24 bits per heavy atom. The molecule has 4 nitrogen and oxygen atoms in total. The van der Waals surface area contributed by atoms with E-state index in [4.69, 9.17) is 0 Å². The molecule has 1 aliphatic carbocycles. The van der Waals surface area contributed by atoms with Crippen molar-refractivity contribution in [1.29, 1.82) is 0 Å². The number of nitrogens with zero attached hydrogens (tertiary/aromatic N) is 1. The minimum atomic E-state index is -0.241. The predicted molar refractivity (Wildman–Crippen MR) is 103 cm³/mol. The molecule has 1 amide bonds. The number of carbonyl (C=O) groups is 1. The zero-order chi connectivity index (χ0) is 18.4. The van der Waals surface area contributed by atoms with E-state index in [2.05, 4.69) is 19.2 Å². The number of aryl methyl sites for hydroxylation is 1. The monoisotopic (exact) mass is 346 g/mol. The first-order valence-corrected chi connectivity index (χ1v) is 10.0. The van der Waals surface area contributed by atoms with E-state index in [-0.39, 0.29) is 17.5 Å². The summed E-state index contributed by atoms with van der Waals surface area (Å²) in [5, 5.41) is 2.88. The maximum Gasteiger partial charge on any atom is 0.263 e. The van der Waals surface area contributed by atoms with Crippen LogP contribution < -0.4 is 10.9 Å². The third kappa shape index (κ3) is 4.96. The van der Waals surface area contributed by atoms with E-state index in [1.54, 1.807) is 0 Å². The molecule has 0 saturated heterocycles. The van der Waals surface area contributed by atoms with Crippen LogP contribution >= 0.6 is 0 Å². The summed E-state index contributed by atoms with van der Waals surface area (Å²) in [5.41, 5.74) is 2.48. The van der Waals surface area contributed by atoms with Gasteiger partial charge < -0.3 is 9.88 Å². The average molecular weight is 347 g/mol. The summed E-state index contributed by atoms with van der Waals surface area (Å²) < 4.78 is 1.94. The predicted octanol–water partition coefficient (Wildman–Crippen LogP) is 4.08. The molecule has 1 aromatic heterocycles. The van der Waals surface area contributed by atoms with E-state index in [0.29, 0.717) is 11.5 Å². The number of pyridine rings is 1. The molecule has 1 N–H and O–H groups in total. The molecule has 140 valence electrons. The van der Waals surface area contributed by atoms with Crippen molar-refractivity contribution in [2.75, 3.05) is 0 Å². The Hall–Kier alpha value is -1.58. The zero-order valence-corrected chi connectivity index (χ0v) is 16.4. The molecular formula is C21H34N2O2. The van der Waals surface area contributed by atoms with Gasteiger partial charge in [0.25, 0.3) is 11.5 Å². The third-order valence-corrected chi connectivity index (χ3v) is 5.19. The Bertz CT molecular complexity index is 640. The van der Waals surface area contributed by atoms with Crippen molar-refractivity contribution in [1.82, 2.24) is 9.88 Å². The molecule has 0 bridgehead atoms. The van der Waals surface area contributed by atoms with Gasteiger partial charge in [-0.15, -0.1) is 0 Å². The highest BCUT2D eigenvalue weighted by molar-refractivity contribution is 5.94. The lowest BCUT2D eigenvalue weighted by atomic mass is 9.89. The number of rotatable bonds is 7. The topological polar surface area (TPSA) is 51.1 Å². The summed E-state index contributed by atoms with van der Waals surface area (Å²) in [6, 6.07) is 1.86. The second-order valence-corrected chi connectivity index (χ2v) is 7.68. The van der Waals surface area contributed by atoms with Crippen molar-refractivity contribution in [3.63, 3.8) is 0 Å². The van der Waals surface area contributed by atoms with Gasteiger partial charge in [-0.05, 0) is 57.1 Å². The maximum atomic E-state index is 13.1. The van der Waals surface area contributed by atoms with Crippen LogP contribution in [0, 0.1) is 5.92 Å². The minimum Gasteiger partial charge on any atom is -0.350 e. The van der Waals surface area contributed by atoms with Gasteiger partial charge in [0.1, 0.15) is 5.56 Å². The summed E-state index contributed by atoms with van der Waals surface area (Å²) in [4.78, 5) is 25.7. The van der Waals surface area contributed by atoms with E-state index in [0.717, 1.165) is 37.1 Å². The average Bonchev–Trinajstić information content (AvgIpc) is 2.58. The van der Waals surface area contributed by atoms with Crippen LogP contribution in [-0.4, -0.2) is 16.5 Å². The first-order chi connectivity index (χ1) is 12.0. The van der Waals surface area contributed by atoms with Crippen molar-refractivity contribution < 1.29 is 4.79 Å². The first-order valence-electron chi connectivity index (χ1n) is 10.0. The van der Waals surface area contributed by atoms with Gasteiger partial charge in [0.2, 0.25) is 0 Å². The van der Waals surface area contributed by atoms with Gasteiger partial charge >= 0.3 is 0 Å². The molecule has 1 aromatic rings. The smallest absolute Gasteiger partial charge is 0.263 e. The zero-order valence-electron chi connectivity index (χ0n) is 16.4. The van der Waals surface area contributed by atoms with Crippen LogP contribution in [0.3, 0.4) is 0 Å². The fourth-order valence-corrected chi connectivity index (χ4v) is 3.92. The van der Waals surface area contributed by atoms with Crippen LogP contribution in [0.2, 0.25) is 0 Å². The SMILES string of the molecule is CCCc1c(CC)cc(C(=O)NC(C)C)c(=O)n1CC1CCCCC1. The van der Waals surface area contributed by atoms with E-state index >= 15 is 0 Å². The minimum absolute atomic E-state index is 0.0269. The summed E-state index contributed by atoms with van der Waals surface area (Å²) in [7, 11) is 0. The van der Waals surface area contributed by atoms with Crippen LogP contribution in [0.15, 0.2) is 10.9 Å². The second kappa shape index (κ2) is 9.21. The van der Waals surface area contributed by atoms with Crippen molar-refractivity contribution in [3.05, 3.63) is 33.2 Å². The molecule has 0 radical (unpaired) electrons. The molecule has 0 atom stereocenters. The molecule has 0 aliphatic heterocycles. The van der Waals surface area contributed by atoms with Crippen LogP contribution in [0.25, 0.3) is 0 Å². The number of hydrogen-bond donors (Lipinski definition) is 1. The van der Waals surface area contributed by atoms with Gasteiger partial charge in [0.15, 0.2) is 0 Å². The van der Waals surface area contributed by atoms with Gasteiger partial charge in [-0.2, -0.15) is 0 Å². The van der Waals surface area contributed by atoms with Crippen LogP contribution in [0.1, 0.15) is 87.8 Å². The lowest BCUT2D eigenvalue weighted by molar-refractivity contribution is 0.0940. The largest absolute Gasteiger partial charge is 0.350 e. The summed E-state index contributed by atoms with van der Waals surface area (Å²) >= 11 is 0. The summed E-state index contributed by atoms with van der Waals surface area (Å²) in [6.07, 6.45) is 8.98. The van der Waals surface area contributed by atoms with Gasteiger partial charge in [-0.1, -0.05) is 39.5 Å². The highest BCUT2D eigenvalue weighted by atomic mass is 16.2. The molecular weight excluding hydrogens is 312 g/mol. The Kier molecular flexibility index (Phi) is 7.27. The molecule has 4 heteroatoms. The Morgan fingerprint density at radius 2 is 1.92 bits per heavy atom. The number of amides is 1. The van der Waals surface area contributed by atoms with Crippen molar-refractivity contribution >= 4 is 5.91 Å². The molecule has 1 aliphatic rings. The van der Waals surface area contributed by atoms with Gasteiger partial charge in [-0.25, -0.2) is 0 Å². The van der Waals surface area contributed by atoms with Crippen LogP contribution in [-0.2, 0) is 19.4 Å². The van der Waals surface area contributed by atoms with E-state index in [1.807, 2.05) is 24.5 Å². The van der Waals surface area contributed by atoms with Crippen molar-refractivity contribution in [2.24, 2.45) is 5.92 Å². The molecule has 0 aromatic carbocycles. The highest BCUT2D eigenvalue weighted by Gasteiger charge is 2.22. The molecule has 0 spiro atoms. The van der Waals surface area contributed by atoms with E-state index in [9.17, 15) is 9.59 Å². The quantitative estimate of drug-likeness (QED) is 0.809. The van der Waals surface area contributed by atoms with Crippen molar-refractivity contribution in [3.8, 4) is 0 Å². The van der Waals surface area contributed by atoms with Crippen molar-refractivity contribution in [2.45, 2.75) is 91.6 Å². The Labute approximate surface area is 152 Å². The summed E-state index contributed by atoms with van der Waals surface area (Å²) in [5.74, 6) is 0.324. The fraction of sp³-hybridized carbons (Fsp3) is 0.714. The first kappa shape index (κ1) is 19.7. The second-order valence-electron chi connectivity index (χ2n) is 7.68. The summed E-state index contributed by atoms with van der Waals surface area (Å²) in [6.45, 7) is 8.86. The van der Waals surface area contributed by atoms with E-state index in [1.165, 1.54) is 32.1 Å². The highest BCUT2D eigenvalue weighted by Crippen LogP contribution is 2.26. The standard InChI is InChI=1S/C21H34N2O2/c1-5-10-19-17(6-2)13-18(20(24)22-15(3)4)21(25)23(19)14-16-11-8-7-9-12-16/h13,15-16H,5-12,14H2,1-4H3,(H,22,24). The molecule has 25 heavy (non-hydrogen) atoms. The molecule has 1 fully saturated rings. The van der Waals surface area contributed by atoms with Gasteiger partial charge in [-0.3, -0.25) is 9.59 Å². The van der Waals surface area contributed by atoms with Gasteiger partial charge in [0.05, 0.1) is 0 Å². The molecule has 0 unspecified atom stereocenters. The molecule has 2 rings (SSSR count). The molecule has 1 saturated carbocycles. The lowest BCUT2D eigenvalue weighted by Gasteiger charge is -2.26. The van der Waals surface area contributed by atoms with Crippen LogP contribution in [0.5, 0.6) is 0 Å². The van der Waals surface area contributed by atoms with E-state index < -0.39 is 0 Å². The lowest BCUT2D eigenvalue weighted by Crippen LogP contribution is -2.38. The van der Waals surface area contributed by atoms with Gasteiger partial charge in [0, 0.05) is 18.3 Å². The Balaban J connectivity index is 2.47.